The van der Waals surface area contributed by atoms with Gasteiger partial charge in [0.2, 0.25) is 10.0 Å². The molecule has 0 aliphatic heterocycles. The third-order valence-electron chi connectivity index (χ3n) is 3.21. The van der Waals surface area contributed by atoms with Gasteiger partial charge in [0.15, 0.2) is 0 Å². The Morgan fingerprint density at radius 2 is 1.59 bits per heavy atom. The van der Waals surface area contributed by atoms with Crippen LogP contribution in [0.3, 0.4) is 0 Å². The lowest BCUT2D eigenvalue weighted by molar-refractivity contribution is 0.282. The maximum absolute atomic E-state index is 12.1. The molecule has 0 radical (unpaired) electrons. The molecule has 0 amide bonds. The lowest BCUT2D eigenvalue weighted by Gasteiger charge is -2.07. The van der Waals surface area contributed by atoms with E-state index in [1.165, 1.54) is 24.3 Å². The molecular weight excluding hydrogens is 300 g/mol. The minimum Gasteiger partial charge on any atom is -0.392 e. The predicted molar refractivity (Wildman–Crippen MR) is 82.4 cm³/mol. The van der Waals surface area contributed by atoms with Gasteiger partial charge in [-0.25, -0.2) is 13.1 Å². The van der Waals surface area contributed by atoms with E-state index in [0.717, 1.165) is 11.1 Å². The van der Waals surface area contributed by atoms with Crippen LogP contribution in [0.4, 0.5) is 0 Å². The molecule has 2 N–H and O–H groups in total. The summed E-state index contributed by atoms with van der Waals surface area (Å²) in [6.07, 6.45) is 0.557. The zero-order valence-electron chi connectivity index (χ0n) is 11.9. The molecule has 2 aromatic carbocycles. The van der Waals surface area contributed by atoms with Gasteiger partial charge < -0.3 is 5.11 Å². The van der Waals surface area contributed by atoms with E-state index >= 15 is 0 Å². The summed E-state index contributed by atoms with van der Waals surface area (Å²) in [5.74, 6) is 0. The maximum atomic E-state index is 12.1. The average molecular weight is 316 g/mol. The lowest BCUT2D eigenvalue weighted by Crippen LogP contribution is -2.26. The smallest absolute Gasteiger partial charge is 0.240 e. The predicted octanol–water partition coefficient (Wildman–Crippen LogP) is 1.57. The van der Waals surface area contributed by atoms with E-state index in [1.807, 2.05) is 30.3 Å². The van der Waals surface area contributed by atoms with Crippen molar-refractivity contribution in [1.29, 1.82) is 5.26 Å². The molecule has 0 unspecified atom stereocenters. The summed E-state index contributed by atoms with van der Waals surface area (Å²) in [7, 11) is -3.57. The van der Waals surface area contributed by atoms with Gasteiger partial charge in [-0.3, -0.25) is 0 Å². The van der Waals surface area contributed by atoms with Crippen LogP contribution in [0.2, 0.25) is 0 Å². The molecule has 0 fully saturated rings. The first-order valence-corrected chi connectivity index (χ1v) is 8.22. The minimum absolute atomic E-state index is 0.00833. The fourth-order valence-corrected chi connectivity index (χ4v) is 2.96. The van der Waals surface area contributed by atoms with E-state index in [2.05, 4.69) is 4.72 Å². The minimum atomic E-state index is -3.57. The molecule has 0 heterocycles. The first kappa shape index (κ1) is 16.2. The Labute approximate surface area is 129 Å². The van der Waals surface area contributed by atoms with Crippen molar-refractivity contribution in [2.75, 3.05) is 6.54 Å². The van der Waals surface area contributed by atoms with Crippen LogP contribution in [0.25, 0.3) is 0 Å². The Morgan fingerprint density at radius 3 is 2.14 bits per heavy atom. The SMILES string of the molecule is N#Cc1ccc(S(=O)(=O)NCCc2ccc(CO)cc2)cc1. The first-order valence-electron chi connectivity index (χ1n) is 6.73. The van der Waals surface area contributed by atoms with Gasteiger partial charge >= 0.3 is 0 Å². The lowest BCUT2D eigenvalue weighted by atomic mass is 10.1. The van der Waals surface area contributed by atoms with Gasteiger partial charge in [0.05, 0.1) is 23.1 Å². The third kappa shape index (κ3) is 4.15. The Bertz CT molecular complexity index is 761. The van der Waals surface area contributed by atoms with Crippen molar-refractivity contribution in [2.24, 2.45) is 0 Å². The van der Waals surface area contributed by atoms with Crippen molar-refractivity contribution in [3.63, 3.8) is 0 Å². The summed E-state index contributed by atoms with van der Waals surface area (Å²) in [4.78, 5) is 0.141. The van der Waals surface area contributed by atoms with Crippen LogP contribution >= 0.6 is 0 Å². The standard InChI is InChI=1S/C16H16N2O3S/c17-11-14-5-7-16(8-6-14)22(20,21)18-10-9-13-1-3-15(12-19)4-2-13/h1-8,18-19H,9-10,12H2. The highest BCUT2D eigenvalue weighted by atomic mass is 32.2. The summed E-state index contributed by atoms with van der Waals surface area (Å²) >= 11 is 0. The van der Waals surface area contributed by atoms with Crippen LogP contribution in [-0.4, -0.2) is 20.1 Å². The van der Waals surface area contributed by atoms with Crippen LogP contribution in [0.1, 0.15) is 16.7 Å². The number of hydrogen-bond acceptors (Lipinski definition) is 4. The molecular formula is C16H16N2O3S. The number of rotatable bonds is 6. The number of benzene rings is 2. The molecule has 0 aliphatic carbocycles. The van der Waals surface area contributed by atoms with E-state index in [-0.39, 0.29) is 18.0 Å². The number of hydrogen-bond donors (Lipinski definition) is 2. The number of nitrogens with one attached hydrogen (secondary N) is 1. The highest BCUT2D eigenvalue weighted by molar-refractivity contribution is 7.89. The van der Waals surface area contributed by atoms with Crippen LogP contribution in [-0.2, 0) is 23.1 Å². The summed E-state index contributed by atoms with van der Waals surface area (Å²) in [5, 5.41) is 17.7. The molecule has 2 aromatic rings. The number of sulfonamides is 1. The largest absolute Gasteiger partial charge is 0.392 e. The quantitative estimate of drug-likeness (QED) is 0.846. The average Bonchev–Trinajstić information content (AvgIpc) is 2.55. The van der Waals surface area contributed by atoms with Crippen LogP contribution < -0.4 is 4.72 Å². The van der Waals surface area contributed by atoms with Crippen LogP contribution in [0.5, 0.6) is 0 Å². The van der Waals surface area contributed by atoms with Crippen LogP contribution in [0, 0.1) is 11.3 Å². The van der Waals surface area contributed by atoms with Crippen molar-refractivity contribution >= 4 is 10.0 Å². The van der Waals surface area contributed by atoms with Crippen molar-refractivity contribution in [3.8, 4) is 6.07 Å². The summed E-state index contributed by atoms with van der Waals surface area (Å²) in [5.41, 5.74) is 2.23. The van der Waals surface area contributed by atoms with Gasteiger partial charge in [0.25, 0.3) is 0 Å². The maximum Gasteiger partial charge on any atom is 0.240 e. The molecule has 0 spiro atoms. The van der Waals surface area contributed by atoms with E-state index in [4.69, 9.17) is 10.4 Å². The highest BCUT2D eigenvalue weighted by Crippen LogP contribution is 2.10. The van der Waals surface area contributed by atoms with Gasteiger partial charge in [-0.05, 0) is 41.8 Å². The molecule has 0 saturated heterocycles. The second-order valence-corrected chi connectivity index (χ2v) is 6.53. The van der Waals surface area contributed by atoms with Crippen molar-refractivity contribution < 1.29 is 13.5 Å². The Hall–Kier alpha value is -2.20. The number of aliphatic hydroxyl groups is 1. The van der Waals surface area contributed by atoms with E-state index in [0.29, 0.717) is 12.0 Å². The van der Waals surface area contributed by atoms with Gasteiger partial charge in [-0.1, -0.05) is 24.3 Å². The van der Waals surface area contributed by atoms with Gasteiger partial charge in [0, 0.05) is 6.54 Å². The van der Waals surface area contributed by atoms with Crippen LogP contribution in [0.15, 0.2) is 53.4 Å². The molecule has 0 saturated carbocycles. The number of aliphatic hydroxyl groups excluding tert-OH is 1. The van der Waals surface area contributed by atoms with Crippen molar-refractivity contribution in [2.45, 2.75) is 17.9 Å². The Balaban J connectivity index is 1.95. The van der Waals surface area contributed by atoms with E-state index in [1.54, 1.807) is 0 Å². The van der Waals surface area contributed by atoms with Crippen molar-refractivity contribution in [1.82, 2.24) is 4.72 Å². The third-order valence-corrected chi connectivity index (χ3v) is 4.68. The highest BCUT2D eigenvalue weighted by Gasteiger charge is 2.12. The Morgan fingerprint density at radius 1 is 1.00 bits per heavy atom. The fraction of sp³-hybridized carbons (Fsp3) is 0.188. The van der Waals surface area contributed by atoms with Gasteiger partial charge in [-0.2, -0.15) is 5.26 Å². The second-order valence-electron chi connectivity index (χ2n) is 4.76. The summed E-state index contributed by atoms with van der Waals surface area (Å²) < 4.78 is 26.7. The van der Waals surface area contributed by atoms with E-state index < -0.39 is 10.0 Å². The monoisotopic (exact) mass is 316 g/mol. The van der Waals surface area contributed by atoms with E-state index in [9.17, 15) is 8.42 Å². The summed E-state index contributed by atoms with van der Waals surface area (Å²) in [6, 6.07) is 15.1. The van der Waals surface area contributed by atoms with Crippen molar-refractivity contribution in [3.05, 3.63) is 65.2 Å². The fourth-order valence-electron chi connectivity index (χ4n) is 1.93. The topological polar surface area (TPSA) is 90.2 Å². The molecule has 5 nitrogen and oxygen atoms in total. The zero-order valence-corrected chi connectivity index (χ0v) is 12.7. The zero-order chi connectivity index (χ0) is 16.0. The molecule has 6 heteroatoms. The molecule has 0 aliphatic rings. The Kier molecular flexibility index (Phi) is 5.28. The van der Waals surface area contributed by atoms with Gasteiger partial charge in [0.1, 0.15) is 0 Å². The molecule has 0 atom stereocenters. The first-order chi connectivity index (χ1) is 10.5. The molecule has 2 rings (SSSR count). The normalized spacial score (nSPS) is 11.1. The molecule has 22 heavy (non-hydrogen) atoms. The number of nitrogens with zero attached hydrogens (tertiary/aromatic N) is 1. The molecule has 0 aromatic heterocycles. The molecule has 0 bridgehead atoms. The molecule has 114 valence electrons. The second kappa shape index (κ2) is 7.18. The summed E-state index contributed by atoms with van der Waals surface area (Å²) in [6.45, 7) is 0.270. The van der Waals surface area contributed by atoms with Gasteiger partial charge in [-0.15, -0.1) is 0 Å². The number of nitriles is 1.